The average Bonchev–Trinajstić information content (AvgIpc) is 1.70. The number of hydrogen-bond donors (Lipinski definition) is 1. The molecule has 2 nitrogen and oxygen atoms in total. The Morgan fingerprint density at radius 2 is 1.12 bits per heavy atom. The van der Waals surface area contributed by atoms with E-state index in [-0.39, 0.29) is 28.2 Å². The maximum absolute atomic E-state index is 12.3. The zero-order valence-electron chi connectivity index (χ0n) is 12.5. The van der Waals surface area contributed by atoms with Gasteiger partial charge in [0.05, 0.1) is 0 Å². The van der Waals surface area contributed by atoms with Crippen LogP contribution in [-0.4, -0.2) is 11.4 Å². The van der Waals surface area contributed by atoms with Gasteiger partial charge in [0.15, 0.2) is 0 Å². The van der Waals surface area contributed by atoms with E-state index in [0.717, 1.165) is 0 Å². The lowest BCUT2D eigenvalue weighted by Crippen LogP contribution is -2.50. The number of nitrogens with one attached hydrogen (secondary N) is 1. The second-order valence-corrected chi connectivity index (χ2v) is 7.90. The Morgan fingerprint density at radius 3 is 1.31 bits per heavy atom. The summed E-state index contributed by atoms with van der Waals surface area (Å²) in [7, 11) is 0. The van der Waals surface area contributed by atoms with Crippen LogP contribution in [0.4, 0.5) is 0 Å². The molecule has 0 aromatic carbocycles. The smallest absolute Gasteiger partial charge is 0.224 e. The Hall–Kier alpha value is -0.530. The minimum Gasteiger partial charge on any atom is -0.351 e. The highest BCUT2D eigenvalue weighted by molar-refractivity contribution is 5.80. The normalized spacial score (nSPS) is 14.1. The maximum atomic E-state index is 12.3. The molecule has 0 atom stereocenters. The molecule has 16 heavy (non-hydrogen) atoms. The fraction of sp³-hybridized carbons (Fsp3) is 0.929. The van der Waals surface area contributed by atoms with Gasteiger partial charge in [0.1, 0.15) is 0 Å². The first-order valence-corrected chi connectivity index (χ1v) is 6.07. The number of hydrogen-bond acceptors (Lipinski definition) is 1. The highest BCUT2D eigenvalue weighted by Gasteiger charge is 2.41. The third kappa shape index (κ3) is 5.00. The average molecular weight is 227 g/mol. The van der Waals surface area contributed by atoms with Crippen molar-refractivity contribution >= 4 is 5.91 Å². The molecule has 0 aromatic rings. The molecule has 0 rings (SSSR count). The lowest BCUT2D eigenvalue weighted by molar-refractivity contribution is -0.134. The van der Waals surface area contributed by atoms with Gasteiger partial charge >= 0.3 is 0 Å². The van der Waals surface area contributed by atoms with Crippen LogP contribution in [0.1, 0.15) is 62.3 Å². The summed E-state index contributed by atoms with van der Waals surface area (Å²) in [5, 5.41) is 3.09. The van der Waals surface area contributed by atoms with Crippen molar-refractivity contribution in [2.24, 2.45) is 16.7 Å². The summed E-state index contributed by atoms with van der Waals surface area (Å²) in [5.41, 5.74) is -0.201. The zero-order valence-corrected chi connectivity index (χ0v) is 12.5. The minimum absolute atomic E-state index is 0.0132. The summed E-state index contributed by atoms with van der Waals surface area (Å²) in [4.78, 5) is 12.3. The molecule has 1 amide bonds. The van der Waals surface area contributed by atoms with Gasteiger partial charge in [-0.1, -0.05) is 41.5 Å². The van der Waals surface area contributed by atoms with Crippen LogP contribution in [0, 0.1) is 16.7 Å². The molecule has 0 heterocycles. The minimum atomic E-state index is -0.161. The van der Waals surface area contributed by atoms with Crippen molar-refractivity contribution in [1.82, 2.24) is 5.32 Å². The summed E-state index contributed by atoms with van der Waals surface area (Å²) in [5.74, 6) is 0.173. The zero-order chi connectivity index (χ0) is 13.4. The Bertz CT molecular complexity index is 233. The highest BCUT2D eigenvalue weighted by atomic mass is 16.2. The van der Waals surface area contributed by atoms with Crippen LogP contribution in [0.2, 0.25) is 0 Å². The molecule has 96 valence electrons. The van der Waals surface area contributed by atoms with Gasteiger partial charge in [0.25, 0.3) is 0 Å². The molecule has 0 aromatic heterocycles. The summed E-state index contributed by atoms with van der Waals surface area (Å²) in [6.07, 6.45) is 0. The van der Waals surface area contributed by atoms with E-state index < -0.39 is 0 Å². The second-order valence-electron chi connectivity index (χ2n) is 7.90. The number of carbonyl (C=O) groups excluding carboxylic acids is 1. The van der Waals surface area contributed by atoms with E-state index in [0.29, 0.717) is 0 Å². The Labute approximate surface area is 101 Å². The van der Waals surface area contributed by atoms with Crippen molar-refractivity contribution in [2.75, 3.05) is 0 Å². The van der Waals surface area contributed by atoms with E-state index >= 15 is 0 Å². The summed E-state index contributed by atoms with van der Waals surface area (Å²) >= 11 is 0. The predicted octanol–water partition coefficient (Wildman–Crippen LogP) is 3.61. The van der Waals surface area contributed by atoms with Crippen LogP contribution >= 0.6 is 0 Å². The van der Waals surface area contributed by atoms with E-state index in [1.54, 1.807) is 0 Å². The molecular formula is C14H29NO. The molecule has 1 N–H and O–H groups in total. The van der Waals surface area contributed by atoms with E-state index in [9.17, 15) is 4.79 Å². The molecule has 0 aliphatic rings. The molecule has 0 unspecified atom stereocenters. The first kappa shape index (κ1) is 15.5. The third-order valence-electron chi connectivity index (χ3n) is 2.49. The quantitative estimate of drug-likeness (QED) is 0.728. The highest BCUT2D eigenvalue weighted by Crippen LogP contribution is 2.40. The first-order chi connectivity index (χ1) is 6.75. The Balaban J connectivity index is 5.03. The first-order valence-electron chi connectivity index (χ1n) is 6.07. The van der Waals surface area contributed by atoms with Crippen LogP contribution < -0.4 is 5.32 Å². The molecule has 0 saturated carbocycles. The van der Waals surface area contributed by atoms with Crippen molar-refractivity contribution in [1.29, 1.82) is 0 Å². The van der Waals surface area contributed by atoms with E-state index in [1.165, 1.54) is 0 Å². The molecule has 2 heteroatoms. The van der Waals surface area contributed by atoms with Gasteiger partial charge in [-0.2, -0.15) is 0 Å². The van der Waals surface area contributed by atoms with Crippen molar-refractivity contribution in [3.8, 4) is 0 Å². The van der Waals surface area contributed by atoms with Gasteiger partial charge in [-0.3, -0.25) is 4.79 Å². The van der Waals surface area contributed by atoms with Gasteiger partial charge in [-0.25, -0.2) is 0 Å². The SMILES string of the molecule is CC(C)(C)NC(=O)C(C(C)(C)C)C(C)(C)C. The predicted molar refractivity (Wildman–Crippen MR) is 70.3 cm³/mol. The van der Waals surface area contributed by atoms with Crippen LogP contribution in [0.5, 0.6) is 0 Å². The van der Waals surface area contributed by atoms with Gasteiger partial charge in [0.2, 0.25) is 5.91 Å². The summed E-state index contributed by atoms with van der Waals surface area (Å²) < 4.78 is 0. The molecule has 0 spiro atoms. The van der Waals surface area contributed by atoms with Gasteiger partial charge in [0, 0.05) is 11.5 Å². The van der Waals surface area contributed by atoms with Crippen molar-refractivity contribution in [2.45, 2.75) is 67.9 Å². The molecule has 0 saturated heterocycles. The molecule has 0 bridgehead atoms. The van der Waals surface area contributed by atoms with Crippen molar-refractivity contribution in [3.05, 3.63) is 0 Å². The number of carbonyl (C=O) groups is 1. The molecule has 0 radical (unpaired) electrons. The Kier molecular flexibility index (Phi) is 4.24. The third-order valence-corrected chi connectivity index (χ3v) is 2.49. The van der Waals surface area contributed by atoms with Crippen molar-refractivity contribution in [3.63, 3.8) is 0 Å². The fourth-order valence-corrected chi connectivity index (χ4v) is 2.53. The molecule has 0 fully saturated rings. The van der Waals surface area contributed by atoms with Gasteiger partial charge in [-0.15, -0.1) is 0 Å². The van der Waals surface area contributed by atoms with E-state index in [4.69, 9.17) is 0 Å². The lowest BCUT2D eigenvalue weighted by Gasteiger charge is -2.40. The standard InChI is InChI=1S/C14H29NO/c1-12(2,3)10(13(4,5)6)11(16)15-14(7,8)9/h10H,1-9H3,(H,15,16). The summed E-state index contributed by atoms with van der Waals surface area (Å²) in [6.45, 7) is 18.8. The maximum Gasteiger partial charge on any atom is 0.224 e. The van der Waals surface area contributed by atoms with Gasteiger partial charge in [-0.05, 0) is 31.6 Å². The molecule has 0 aliphatic heterocycles. The largest absolute Gasteiger partial charge is 0.351 e. The van der Waals surface area contributed by atoms with Crippen LogP contribution in [-0.2, 0) is 4.79 Å². The molecular weight excluding hydrogens is 198 g/mol. The second kappa shape index (κ2) is 4.38. The van der Waals surface area contributed by atoms with Crippen LogP contribution in [0.15, 0.2) is 0 Å². The monoisotopic (exact) mass is 227 g/mol. The van der Waals surface area contributed by atoms with E-state index in [1.807, 2.05) is 20.8 Å². The topological polar surface area (TPSA) is 29.1 Å². The molecule has 0 aliphatic carbocycles. The van der Waals surface area contributed by atoms with Crippen LogP contribution in [0.3, 0.4) is 0 Å². The Morgan fingerprint density at radius 1 is 0.812 bits per heavy atom. The summed E-state index contributed by atoms with van der Waals surface area (Å²) in [6, 6.07) is 0. The number of amides is 1. The van der Waals surface area contributed by atoms with Crippen LogP contribution in [0.25, 0.3) is 0 Å². The van der Waals surface area contributed by atoms with Crippen molar-refractivity contribution < 1.29 is 4.79 Å². The fourth-order valence-electron chi connectivity index (χ4n) is 2.53. The lowest BCUT2D eigenvalue weighted by atomic mass is 9.66. The van der Waals surface area contributed by atoms with Gasteiger partial charge < -0.3 is 5.32 Å². The van der Waals surface area contributed by atoms with E-state index in [2.05, 4.69) is 46.9 Å². The number of rotatable bonds is 1.